The first-order valence-corrected chi connectivity index (χ1v) is 8.04. The highest BCUT2D eigenvalue weighted by atomic mass is 16.6. The van der Waals surface area contributed by atoms with Gasteiger partial charge in [0.25, 0.3) is 5.91 Å². The molecule has 2 aliphatic rings. The molecule has 1 heterocycles. The van der Waals surface area contributed by atoms with Crippen LogP contribution in [0.5, 0.6) is 11.5 Å². The number of amides is 1. The summed E-state index contributed by atoms with van der Waals surface area (Å²) in [6, 6.07) is 5.07. The van der Waals surface area contributed by atoms with E-state index in [4.69, 9.17) is 14.2 Å². The summed E-state index contributed by atoms with van der Waals surface area (Å²) in [5.41, 5.74) is 0.342. The zero-order valence-electron chi connectivity index (χ0n) is 13.2. The van der Waals surface area contributed by atoms with Gasteiger partial charge in [-0.3, -0.25) is 4.79 Å². The third-order valence-corrected chi connectivity index (χ3v) is 4.13. The number of fused-ring (bicyclic) bond motifs is 1. The highest BCUT2D eigenvalue weighted by molar-refractivity contribution is 5.92. The van der Waals surface area contributed by atoms with E-state index in [1.54, 1.807) is 25.1 Å². The Balaban J connectivity index is 1.58. The first-order valence-electron chi connectivity index (χ1n) is 8.04. The predicted molar refractivity (Wildman–Crippen MR) is 82.7 cm³/mol. The van der Waals surface area contributed by atoms with Gasteiger partial charge in [0, 0.05) is 6.04 Å². The van der Waals surface area contributed by atoms with Crippen molar-refractivity contribution in [3.63, 3.8) is 0 Å². The maximum absolute atomic E-state index is 12.2. The van der Waals surface area contributed by atoms with Gasteiger partial charge < -0.3 is 19.5 Å². The molecule has 3 rings (SSSR count). The molecule has 0 saturated heterocycles. The van der Waals surface area contributed by atoms with Gasteiger partial charge in [0.1, 0.15) is 13.2 Å². The maximum atomic E-state index is 12.2. The first kappa shape index (κ1) is 15.6. The van der Waals surface area contributed by atoms with Crippen LogP contribution in [-0.4, -0.2) is 37.2 Å². The molecule has 1 N–H and O–H groups in total. The zero-order chi connectivity index (χ0) is 16.2. The number of carbonyl (C=O) groups is 2. The van der Waals surface area contributed by atoms with Gasteiger partial charge in [-0.1, -0.05) is 12.8 Å². The van der Waals surface area contributed by atoms with E-state index in [2.05, 4.69) is 5.32 Å². The normalized spacial score (nSPS) is 18.3. The molecule has 1 aromatic rings. The molecule has 0 radical (unpaired) electrons. The zero-order valence-corrected chi connectivity index (χ0v) is 13.2. The van der Waals surface area contributed by atoms with Crippen molar-refractivity contribution in [1.29, 1.82) is 0 Å². The molecule has 23 heavy (non-hydrogen) atoms. The van der Waals surface area contributed by atoms with Crippen molar-refractivity contribution >= 4 is 11.9 Å². The van der Waals surface area contributed by atoms with Crippen LogP contribution >= 0.6 is 0 Å². The molecule has 1 aliphatic heterocycles. The van der Waals surface area contributed by atoms with Gasteiger partial charge in [-0.25, -0.2) is 4.79 Å². The van der Waals surface area contributed by atoms with Crippen molar-refractivity contribution in [2.75, 3.05) is 13.2 Å². The van der Waals surface area contributed by atoms with Crippen LogP contribution in [0.3, 0.4) is 0 Å². The molecule has 0 aromatic heterocycles. The smallest absolute Gasteiger partial charge is 0.339 e. The Hall–Kier alpha value is -2.24. The Labute approximate surface area is 135 Å². The van der Waals surface area contributed by atoms with Crippen LogP contribution in [0, 0.1) is 0 Å². The largest absolute Gasteiger partial charge is 0.486 e. The first-order chi connectivity index (χ1) is 11.1. The van der Waals surface area contributed by atoms with Crippen LogP contribution in [0.25, 0.3) is 0 Å². The minimum absolute atomic E-state index is 0.206. The van der Waals surface area contributed by atoms with E-state index in [1.165, 1.54) is 0 Å². The van der Waals surface area contributed by atoms with Crippen molar-refractivity contribution in [3.8, 4) is 11.5 Å². The van der Waals surface area contributed by atoms with Crippen LogP contribution in [0.4, 0.5) is 0 Å². The van der Waals surface area contributed by atoms with Gasteiger partial charge in [-0.2, -0.15) is 0 Å². The molecular formula is C17H21NO5. The Bertz CT molecular complexity index is 595. The molecule has 6 nitrogen and oxygen atoms in total. The van der Waals surface area contributed by atoms with Gasteiger partial charge >= 0.3 is 5.97 Å². The number of hydrogen-bond donors (Lipinski definition) is 1. The van der Waals surface area contributed by atoms with E-state index in [1.807, 2.05) is 0 Å². The number of benzene rings is 1. The van der Waals surface area contributed by atoms with Crippen molar-refractivity contribution in [2.24, 2.45) is 0 Å². The average Bonchev–Trinajstić information content (AvgIpc) is 3.07. The van der Waals surface area contributed by atoms with Crippen molar-refractivity contribution < 1.29 is 23.8 Å². The number of esters is 1. The molecule has 0 bridgehead atoms. The third kappa shape index (κ3) is 3.75. The van der Waals surface area contributed by atoms with Crippen LogP contribution in [0.15, 0.2) is 18.2 Å². The summed E-state index contributed by atoms with van der Waals surface area (Å²) in [6.07, 6.45) is 3.44. The summed E-state index contributed by atoms with van der Waals surface area (Å²) in [4.78, 5) is 24.2. The molecule has 1 saturated carbocycles. The summed E-state index contributed by atoms with van der Waals surface area (Å²) >= 11 is 0. The minimum atomic E-state index is -0.823. The minimum Gasteiger partial charge on any atom is -0.486 e. The summed E-state index contributed by atoms with van der Waals surface area (Å²) in [7, 11) is 0. The average molecular weight is 319 g/mol. The van der Waals surface area contributed by atoms with E-state index >= 15 is 0 Å². The summed E-state index contributed by atoms with van der Waals surface area (Å²) in [5.74, 6) is 0.340. The van der Waals surface area contributed by atoms with Crippen LogP contribution in [0.1, 0.15) is 43.0 Å². The lowest BCUT2D eigenvalue weighted by Crippen LogP contribution is -2.40. The number of carbonyl (C=O) groups excluding carboxylic acids is 2. The molecule has 1 aromatic carbocycles. The topological polar surface area (TPSA) is 73.9 Å². The van der Waals surface area contributed by atoms with Crippen LogP contribution in [0.2, 0.25) is 0 Å². The van der Waals surface area contributed by atoms with Gasteiger partial charge in [0.2, 0.25) is 0 Å². The lowest BCUT2D eigenvalue weighted by molar-refractivity contribution is -0.129. The van der Waals surface area contributed by atoms with E-state index in [0.717, 1.165) is 25.7 Å². The molecule has 124 valence electrons. The Kier molecular flexibility index (Phi) is 4.69. The van der Waals surface area contributed by atoms with E-state index in [9.17, 15) is 9.59 Å². The second kappa shape index (κ2) is 6.89. The van der Waals surface area contributed by atoms with Crippen LogP contribution in [-0.2, 0) is 9.53 Å². The highest BCUT2D eigenvalue weighted by Crippen LogP contribution is 2.31. The second-order valence-corrected chi connectivity index (χ2v) is 5.90. The molecule has 1 aliphatic carbocycles. The SMILES string of the molecule is C[C@H](OC(=O)c1ccc2c(c1)OCCO2)C(=O)NC1CCCC1. The standard InChI is InChI=1S/C17H21NO5/c1-11(16(19)18-13-4-2-3-5-13)23-17(20)12-6-7-14-15(10-12)22-9-8-21-14/h6-7,10-11,13H,2-5,8-9H2,1H3,(H,18,19)/t11-/m0/s1. The molecule has 0 unspecified atom stereocenters. The Morgan fingerprint density at radius 3 is 2.61 bits per heavy atom. The predicted octanol–water partition coefficient (Wildman–Crippen LogP) is 2.06. The number of ether oxygens (including phenoxy) is 3. The summed E-state index contributed by atoms with van der Waals surface area (Å²) in [6.45, 7) is 2.53. The van der Waals surface area contributed by atoms with Gasteiger partial charge in [-0.05, 0) is 38.0 Å². The quantitative estimate of drug-likeness (QED) is 0.860. The van der Waals surface area contributed by atoms with Gasteiger partial charge in [0.15, 0.2) is 17.6 Å². The fourth-order valence-corrected chi connectivity index (χ4v) is 2.84. The molecule has 1 fully saturated rings. The summed E-state index contributed by atoms with van der Waals surface area (Å²) < 4.78 is 16.1. The van der Waals surface area contributed by atoms with E-state index < -0.39 is 12.1 Å². The van der Waals surface area contributed by atoms with E-state index in [0.29, 0.717) is 30.3 Å². The molecule has 0 spiro atoms. The lowest BCUT2D eigenvalue weighted by Gasteiger charge is -2.19. The molecule has 1 amide bonds. The fourth-order valence-electron chi connectivity index (χ4n) is 2.84. The maximum Gasteiger partial charge on any atom is 0.339 e. The van der Waals surface area contributed by atoms with E-state index in [-0.39, 0.29) is 11.9 Å². The fraction of sp³-hybridized carbons (Fsp3) is 0.529. The second-order valence-electron chi connectivity index (χ2n) is 5.90. The molecule has 1 atom stereocenters. The lowest BCUT2D eigenvalue weighted by atomic mass is 10.2. The Morgan fingerprint density at radius 2 is 1.87 bits per heavy atom. The Morgan fingerprint density at radius 1 is 1.17 bits per heavy atom. The van der Waals surface area contributed by atoms with Crippen molar-refractivity contribution in [3.05, 3.63) is 23.8 Å². The van der Waals surface area contributed by atoms with Gasteiger partial charge in [-0.15, -0.1) is 0 Å². The number of hydrogen-bond acceptors (Lipinski definition) is 5. The number of nitrogens with one attached hydrogen (secondary N) is 1. The van der Waals surface area contributed by atoms with Gasteiger partial charge in [0.05, 0.1) is 5.56 Å². The highest BCUT2D eigenvalue weighted by Gasteiger charge is 2.24. The summed E-state index contributed by atoms with van der Waals surface area (Å²) in [5, 5.41) is 2.92. The van der Waals surface area contributed by atoms with Crippen molar-refractivity contribution in [2.45, 2.75) is 44.8 Å². The number of rotatable bonds is 4. The monoisotopic (exact) mass is 319 g/mol. The molecule has 6 heteroatoms. The molecular weight excluding hydrogens is 298 g/mol. The van der Waals surface area contributed by atoms with Crippen molar-refractivity contribution in [1.82, 2.24) is 5.32 Å². The third-order valence-electron chi connectivity index (χ3n) is 4.13. The van der Waals surface area contributed by atoms with Crippen LogP contribution < -0.4 is 14.8 Å².